The van der Waals surface area contributed by atoms with E-state index in [-0.39, 0.29) is 0 Å². The van der Waals surface area contributed by atoms with E-state index in [1.165, 1.54) is 0 Å². The van der Waals surface area contributed by atoms with Crippen LogP contribution in [-0.4, -0.2) is 27.0 Å². The maximum absolute atomic E-state index is 13.0. The molecule has 2 rings (SSSR count). The number of carbonyl (C=O) groups is 1. The van der Waals surface area contributed by atoms with Crippen LogP contribution in [-0.2, 0) is 0 Å². The van der Waals surface area contributed by atoms with Crippen molar-refractivity contribution in [3.8, 4) is 5.69 Å². The summed E-state index contributed by atoms with van der Waals surface area (Å²) >= 11 is 0. The SMILES string of the molecule is O=C(c1cn(-c2cc(F)c(F)c(F)c2)nn1)C(F)(F)F. The Morgan fingerprint density at radius 3 is 2.15 bits per heavy atom. The zero-order valence-corrected chi connectivity index (χ0v) is 9.25. The monoisotopic (exact) mass is 295 g/mol. The van der Waals surface area contributed by atoms with Gasteiger partial charge in [-0.2, -0.15) is 13.2 Å². The highest BCUT2D eigenvalue weighted by Gasteiger charge is 2.41. The van der Waals surface area contributed by atoms with Crippen LogP contribution in [0.4, 0.5) is 26.3 Å². The molecule has 0 atom stereocenters. The van der Waals surface area contributed by atoms with Gasteiger partial charge in [-0.3, -0.25) is 4.79 Å². The first-order valence-corrected chi connectivity index (χ1v) is 4.89. The van der Waals surface area contributed by atoms with Crippen LogP contribution in [0.2, 0.25) is 0 Å². The second-order valence-electron chi connectivity index (χ2n) is 3.60. The van der Waals surface area contributed by atoms with Crippen LogP contribution >= 0.6 is 0 Å². The molecule has 0 N–H and O–H groups in total. The molecule has 0 saturated heterocycles. The van der Waals surface area contributed by atoms with Crippen LogP contribution in [0.5, 0.6) is 0 Å². The molecule has 106 valence electrons. The van der Waals surface area contributed by atoms with Crippen molar-refractivity contribution in [3.05, 3.63) is 41.5 Å². The van der Waals surface area contributed by atoms with E-state index in [9.17, 15) is 31.1 Å². The van der Waals surface area contributed by atoms with Gasteiger partial charge >= 0.3 is 6.18 Å². The summed E-state index contributed by atoms with van der Waals surface area (Å²) in [4.78, 5) is 10.8. The van der Waals surface area contributed by atoms with Crippen molar-refractivity contribution in [3.63, 3.8) is 0 Å². The minimum atomic E-state index is -5.15. The first kappa shape index (κ1) is 14.0. The normalized spacial score (nSPS) is 11.7. The third-order valence-electron chi connectivity index (χ3n) is 2.22. The number of ketones is 1. The Bertz CT molecular complexity index is 655. The molecule has 1 aromatic carbocycles. The number of Topliss-reactive ketones (excluding diaryl/α,β-unsaturated/α-hetero) is 1. The van der Waals surface area contributed by atoms with Gasteiger partial charge in [0.15, 0.2) is 23.1 Å². The fraction of sp³-hybridized carbons (Fsp3) is 0.100. The fourth-order valence-electron chi connectivity index (χ4n) is 1.31. The van der Waals surface area contributed by atoms with Crippen molar-refractivity contribution in [2.75, 3.05) is 0 Å². The third kappa shape index (κ3) is 2.49. The lowest BCUT2D eigenvalue weighted by molar-refractivity contribution is -0.0888. The lowest BCUT2D eigenvalue weighted by Gasteiger charge is -2.02. The van der Waals surface area contributed by atoms with Crippen molar-refractivity contribution in [2.24, 2.45) is 0 Å². The van der Waals surface area contributed by atoms with E-state index in [4.69, 9.17) is 0 Å². The Morgan fingerprint density at radius 2 is 1.65 bits per heavy atom. The maximum atomic E-state index is 13.0. The van der Waals surface area contributed by atoms with E-state index in [1.54, 1.807) is 0 Å². The van der Waals surface area contributed by atoms with Crippen molar-refractivity contribution in [1.82, 2.24) is 15.0 Å². The van der Waals surface area contributed by atoms with Crippen LogP contribution < -0.4 is 0 Å². The average Bonchev–Trinajstić information content (AvgIpc) is 2.82. The largest absolute Gasteiger partial charge is 0.456 e. The lowest BCUT2D eigenvalue weighted by atomic mass is 10.2. The summed E-state index contributed by atoms with van der Waals surface area (Å²) in [6.07, 6.45) is -4.62. The van der Waals surface area contributed by atoms with Gasteiger partial charge in [-0.1, -0.05) is 5.21 Å². The van der Waals surface area contributed by atoms with E-state index >= 15 is 0 Å². The first-order chi connectivity index (χ1) is 9.20. The van der Waals surface area contributed by atoms with Gasteiger partial charge in [-0.05, 0) is 0 Å². The highest BCUT2D eigenvalue weighted by molar-refractivity contribution is 5.98. The number of aromatic nitrogens is 3. The summed E-state index contributed by atoms with van der Waals surface area (Å²) in [6, 6.07) is 0.990. The van der Waals surface area contributed by atoms with E-state index in [0.29, 0.717) is 23.0 Å². The van der Waals surface area contributed by atoms with Crippen LogP contribution in [0.3, 0.4) is 0 Å². The Morgan fingerprint density at radius 1 is 1.10 bits per heavy atom. The number of rotatable bonds is 2. The second-order valence-corrected chi connectivity index (χ2v) is 3.60. The molecule has 0 saturated carbocycles. The predicted molar refractivity (Wildman–Crippen MR) is 51.6 cm³/mol. The Hall–Kier alpha value is -2.39. The molecule has 0 aliphatic heterocycles. The number of halogens is 6. The van der Waals surface area contributed by atoms with Gasteiger partial charge in [0.25, 0.3) is 5.78 Å². The van der Waals surface area contributed by atoms with Crippen molar-refractivity contribution < 1.29 is 31.1 Å². The predicted octanol–water partition coefficient (Wildman–Crippen LogP) is 2.43. The molecule has 20 heavy (non-hydrogen) atoms. The number of hydrogen-bond acceptors (Lipinski definition) is 3. The third-order valence-corrected chi connectivity index (χ3v) is 2.22. The summed E-state index contributed by atoms with van der Waals surface area (Å²) in [5.41, 5.74) is -1.47. The molecule has 4 nitrogen and oxygen atoms in total. The smallest absolute Gasteiger partial charge is 0.282 e. The van der Waals surface area contributed by atoms with Gasteiger partial charge in [0.1, 0.15) is 0 Å². The molecule has 0 unspecified atom stereocenters. The van der Waals surface area contributed by atoms with E-state index in [0.717, 1.165) is 0 Å². The van der Waals surface area contributed by atoms with Crippen molar-refractivity contribution in [2.45, 2.75) is 6.18 Å². The standard InChI is InChI=1S/C10H3F6N3O/c11-5-1-4(2-6(12)8(5)13)19-3-7(17-18-19)9(20)10(14,15)16/h1-3H. The summed E-state index contributed by atoms with van der Waals surface area (Å²) in [5, 5.41) is 6.07. The molecule has 0 amide bonds. The van der Waals surface area contributed by atoms with E-state index in [1.807, 2.05) is 0 Å². The molecular weight excluding hydrogens is 292 g/mol. The number of benzene rings is 1. The van der Waals surface area contributed by atoms with Crippen LogP contribution in [0.25, 0.3) is 5.69 Å². The number of alkyl halides is 3. The highest BCUT2D eigenvalue weighted by atomic mass is 19.4. The fourth-order valence-corrected chi connectivity index (χ4v) is 1.31. The quantitative estimate of drug-likeness (QED) is 0.485. The van der Waals surface area contributed by atoms with Crippen LogP contribution in [0, 0.1) is 17.5 Å². The number of hydrogen-bond donors (Lipinski definition) is 0. The maximum Gasteiger partial charge on any atom is 0.456 e. The molecule has 0 bridgehead atoms. The minimum absolute atomic E-state index is 0.421. The molecule has 1 heterocycles. The minimum Gasteiger partial charge on any atom is -0.282 e. The van der Waals surface area contributed by atoms with Crippen LogP contribution in [0.15, 0.2) is 18.3 Å². The molecule has 0 aliphatic carbocycles. The van der Waals surface area contributed by atoms with E-state index in [2.05, 4.69) is 10.3 Å². The number of carbonyl (C=O) groups excluding carboxylic acids is 1. The Balaban J connectivity index is 2.42. The molecule has 0 fully saturated rings. The van der Waals surface area contributed by atoms with Gasteiger partial charge in [0.05, 0.1) is 11.9 Å². The van der Waals surface area contributed by atoms with Gasteiger partial charge in [0, 0.05) is 12.1 Å². The number of nitrogens with zero attached hydrogens (tertiary/aromatic N) is 3. The van der Waals surface area contributed by atoms with Gasteiger partial charge in [0.2, 0.25) is 0 Å². The molecule has 2 aromatic rings. The Labute approximate surface area is 106 Å². The zero-order valence-electron chi connectivity index (χ0n) is 9.25. The summed E-state index contributed by atoms with van der Waals surface area (Å²) in [5.74, 6) is -7.11. The molecule has 1 aromatic heterocycles. The highest BCUT2D eigenvalue weighted by Crippen LogP contribution is 2.21. The van der Waals surface area contributed by atoms with Crippen molar-refractivity contribution >= 4 is 5.78 Å². The van der Waals surface area contributed by atoms with Crippen LogP contribution in [0.1, 0.15) is 10.5 Å². The van der Waals surface area contributed by atoms with E-state index < -0.39 is 40.8 Å². The van der Waals surface area contributed by atoms with Gasteiger partial charge in [-0.25, -0.2) is 17.9 Å². The summed E-state index contributed by atoms with van der Waals surface area (Å²) < 4.78 is 75.5. The molecule has 10 heteroatoms. The molecule has 0 spiro atoms. The molecule has 0 aliphatic rings. The summed E-state index contributed by atoms with van der Waals surface area (Å²) in [6.45, 7) is 0. The molecule has 0 radical (unpaired) electrons. The topological polar surface area (TPSA) is 47.8 Å². The second kappa shape index (κ2) is 4.62. The zero-order chi connectivity index (χ0) is 15.1. The average molecular weight is 295 g/mol. The molecular formula is C10H3F6N3O. The summed E-state index contributed by atoms with van der Waals surface area (Å²) in [7, 11) is 0. The lowest BCUT2D eigenvalue weighted by Crippen LogP contribution is -2.23. The Kier molecular flexibility index (Phi) is 3.24. The van der Waals surface area contributed by atoms with Crippen molar-refractivity contribution in [1.29, 1.82) is 0 Å². The van der Waals surface area contributed by atoms with Gasteiger partial charge in [-0.15, -0.1) is 5.10 Å². The van der Waals surface area contributed by atoms with Gasteiger partial charge < -0.3 is 0 Å². The first-order valence-electron chi connectivity index (χ1n) is 4.89.